The maximum absolute atomic E-state index is 12.3. The van der Waals surface area contributed by atoms with E-state index in [9.17, 15) is 9.59 Å². The van der Waals surface area contributed by atoms with Crippen LogP contribution in [0.25, 0.3) is 0 Å². The van der Waals surface area contributed by atoms with Gasteiger partial charge in [-0.05, 0) is 56.4 Å². The highest BCUT2D eigenvalue weighted by molar-refractivity contribution is 5.97. The molecule has 0 aromatic heterocycles. The standard InChI is InChI=1S/C18H24N2O2/c1-12-11-14(18(22)19-15-7-2-3-8-15)9-10-16(12)20-17(21)13-5-4-6-13/h9-11,13,15H,2-8H2,1H3,(H,19,22)(H,20,21). The maximum Gasteiger partial charge on any atom is 0.251 e. The van der Waals surface area contributed by atoms with Crippen LogP contribution in [0.2, 0.25) is 0 Å². The Hall–Kier alpha value is -1.84. The molecular weight excluding hydrogens is 276 g/mol. The molecule has 4 heteroatoms. The van der Waals surface area contributed by atoms with Gasteiger partial charge in [0.15, 0.2) is 0 Å². The van der Waals surface area contributed by atoms with E-state index < -0.39 is 0 Å². The van der Waals surface area contributed by atoms with Gasteiger partial charge in [0.25, 0.3) is 5.91 Å². The average Bonchev–Trinajstić information content (AvgIpc) is 2.91. The topological polar surface area (TPSA) is 58.2 Å². The summed E-state index contributed by atoms with van der Waals surface area (Å²) < 4.78 is 0. The van der Waals surface area contributed by atoms with Crippen LogP contribution in [0, 0.1) is 12.8 Å². The number of nitrogens with one attached hydrogen (secondary N) is 2. The van der Waals surface area contributed by atoms with E-state index in [1.807, 2.05) is 19.1 Å². The van der Waals surface area contributed by atoms with Crippen LogP contribution in [0.3, 0.4) is 0 Å². The minimum atomic E-state index is -0.00753. The molecule has 2 saturated carbocycles. The molecule has 22 heavy (non-hydrogen) atoms. The van der Waals surface area contributed by atoms with Crippen LogP contribution in [-0.2, 0) is 4.79 Å². The Morgan fingerprint density at radius 2 is 1.77 bits per heavy atom. The van der Waals surface area contributed by atoms with Crippen molar-refractivity contribution < 1.29 is 9.59 Å². The molecule has 1 aromatic carbocycles. The fraction of sp³-hybridized carbons (Fsp3) is 0.556. The van der Waals surface area contributed by atoms with E-state index in [0.29, 0.717) is 11.6 Å². The molecule has 4 nitrogen and oxygen atoms in total. The third-order valence-electron chi connectivity index (χ3n) is 4.91. The second-order valence-corrected chi connectivity index (χ2v) is 6.60. The molecule has 1 aromatic rings. The first kappa shape index (κ1) is 15.1. The molecule has 0 saturated heterocycles. The summed E-state index contributed by atoms with van der Waals surface area (Å²) in [6.07, 6.45) is 7.71. The highest BCUT2D eigenvalue weighted by Gasteiger charge is 2.25. The molecule has 0 aliphatic heterocycles. The Morgan fingerprint density at radius 3 is 2.36 bits per heavy atom. The Kier molecular flexibility index (Phi) is 4.46. The lowest BCUT2D eigenvalue weighted by Gasteiger charge is -2.24. The van der Waals surface area contributed by atoms with Crippen molar-refractivity contribution in [1.29, 1.82) is 0 Å². The predicted molar refractivity (Wildman–Crippen MR) is 86.9 cm³/mol. The highest BCUT2D eigenvalue weighted by atomic mass is 16.2. The molecule has 0 radical (unpaired) electrons. The normalized spacial score (nSPS) is 18.8. The summed E-state index contributed by atoms with van der Waals surface area (Å²) in [6.45, 7) is 1.93. The number of benzene rings is 1. The van der Waals surface area contributed by atoms with Gasteiger partial charge in [0.1, 0.15) is 0 Å². The van der Waals surface area contributed by atoms with Crippen LogP contribution < -0.4 is 10.6 Å². The molecule has 0 atom stereocenters. The van der Waals surface area contributed by atoms with E-state index in [0.717, 1.165) is 43.4 Å². The molecule has 2 fully saturated rings. The summed E-state index contributed by atoms with van der Waals surface area (Å²) in [5, 5.41) is 6.07. The second kappa shape index (κ2) is 6.51. The SMILES string of the molecule is Cc1cc(C(=O)NC2CCCC2)ccc1NC(=O)C1CCC1. The first-order chi connectivity index (χ1) is 10.6. The quantitative estimate of drug-likeness (QED) is 0.895. The summed E-state index contributed by atoms with van der Waals surface area (Å²) in [5.74, 6) is 0.272. The highest BCUT2D eigenvalue weighted by Crippen LogP contribution is 2.28. The smallest absolute Gasteiger partial charge is 0.251 e. The van der Waals surface area contributed by atoms with Crippen molar-refractivity contribution in [3.05, 3.63) is 29.3 Å². The lowest BCUT2D eigenvalue weighted by molar-refractivity contribution is -0.122. The fourth-order valence-electron chi connectivity index (χ4n) is 3.19. The van der Waals surface area contributed by atoms with Crippen molar-refractivity contribution in [3.8, 4) is 0 Å². The summed E-state index contributed by atoms with van der Waals surface area (Å²) in [4.78, 5) is 24.3. The summed E-state index contributed by atoms with van der Waals surface area (Å²) in [5.41, 5.74) is 2.42. The van der Waals surface area contributed by atoms with Crippen molar-refractivity contribution in [2.75, 3.05) is 5.32 Å². The number of carbonyl (C=O) groups excluding carboxylic acids is 2. The largest absolute Gasteiger partial charge is 0.349 e. The molecule has 2 amide bonds. The Morgan fingerprint density at radius 1 is 1.05 bits per heavy atom. The average molecular weight is 300 g/mol. The van der Waals surface area contributed by atoms with Crippen LogP contribution >= 0.6 is 0 Å². The van der Waals surface area contributed by atoms with E-state index in [4.69, 9.17) is 0 Å². The number of hydrogen-bond acceptors (Lipinski definition) is 2. The lowest BCUT2D eigenvalue weighted by Crippen LogP contribution is -2.32. The van der Waals surface area contributed by atoms with E-state index in [1.165, 1.54) is 12.8 Å². The summed E-state index contributed by atoms with van der Waals surface area (Å²) >= 11 is 0. The molecule has 2 aliphatic rings. The van der Waals surface area contributed by atoms with Crippen LogP contribution in [0.15, 0.2) is 18.2 Å². The minimum Gasteiger partial charge on any atom is -0.349 e. The van der Waals surface area contributed by atoms with Crippen LogP contribution in [0.5, 0.6) is 0 Å². The first-order valence-electron chi connectivity index (χ1n) is 8.36. The third kappa shape index (κ3) is 3.32. The maximum atomic E-state index is 12.3. The fourth-order valence-corrected chi connectivity index (χ4v) is 3.19. The van der Waals surface area contributed by atoms with Gasteiger partial charge >= 0.3 is 0 Å². The van der Waals surface area contributed by atoms with Crippen LogP contribution in [-0.4, -0.2) is 17.9 Å². The molecular formula is C18H24N2O2. The first-order valence-corrected chi connectivity index (χ1v) is 8.36. The van der Waals surface area contributed by atoms with Gasteiger partial charge in [-0.1, -0.05) is 19.3 Å². The van der Waals surface area contributed by atoms with E-state index in [2.05, 4.69) is 10.6 Å². The zero-order chi connectivity index (χ0) is 15.5. The zero-order valence-electron chi connectivity index (χ0n) is 13.2. The summed E-state index contributed by atoms with van der Waals surface area (Å²) in [6, 6.07) is 5.83. The van der Waals surface area contributed by atoms with Gasteiger partial charge in [0.2, 0.25) is 5.91 Å². The van der Waals surface area contributed by atoms with Gasteiger partial charge in [-0.2, -0.15) is 0 Å². The number of aryl methyl sites for hydroxylation is 1. The third-order valence-corrected chi connectivity index (χ3v) is 4.91. The van der Waals surface area contributed by atoms with Crippen molar-refractivity contribution in [3.63, 3.8) is 0 Å². The van der Waals surface area contributed by atoms with Crippen molar-refractivity contribution >= 4 is 17.5 Å². The van der Waals surface area contributed by atoms with Crippen LogP contribution in [0.1, 0.15) is 60.9 Å². The Bertz CT molecular complexity index is 572. The van der Waals surface area contributed by atoms with E-state index in [-0.39, 0.29) is 17.7 Å². The van der Waals surface area contributed by atoms with Crippen molar-refractivity contribution in [2.24, 2.45) is 5.92 Å². The molecule has 3 rings (SSSR count). The van der Waals surface area contributed by atoms with Crippen molar-refractivity contribution in [2.45, 2.75) is 57.9 Å². The van der Waals surface area contributed by atoms with Gasteiger partial charge < -0.3 is 10.6 Å². The number of carbonyl (C=O) groups is 2. The van der Waals surface area contributed by atoms with Gasteiger partial charge in [0.05, 0.1) is 0 Å². The summed E-state index contributed by atoms with van der Waals surface area (Å²) in [7, 11) is 0. The van der Waals surface area contributed by atoms with Gasteiger partial charge in [-0.15, -0.1) is 0 Å². The lowest BCUT2D eigenvalue weighted by atomic mass is 9.85. The molecule has 0 spiro atoms. The molecule has 0 bridgehead atoms. The molecule has 118 valence electrons. The van der Waals surface area contributed by atoms with Crippen molar-refractivity contribution in [1.82, 2.24) is 5.32 Å². The second-order valence-electron chi connectivity index (χ2n) is 6.60. The number of hydrogen-bond donors (Lipinski definition) is 2. The molecule has 2 N–H and O–H groups in total. The minimum absolute atomic E-state index is 0.00753. The van der Waals surface area contributed by atoms with Gasteiger partial charge in [-0.3, -0.25) is 9.59 Å². The van der Waals surface area contributed by atoms with Crippen LogP contribution in [0.4, 0.5) is 5.69 Å². The molecule has 2 aliphatic carbocycles. The van der Waals surface area contributed by atoms with E-state index in [1.54, 1.807) is 6.07 Å². The molecule has 0 heterocycles. The number of amides is 2. The van der Waals surface area contributed by atoms with Gasteiger partial charge in [-0.25, -0.2) is 0 Å². The Balaban J connectivity index is 1.63. The number of anilines is 1. The Labute approximate surface area is 131 Å². The molecule has 0 unspecified atom stereocenters. The van der Waals surface area contributed by atoms with Gasteiger partial charge in [0, 0.05) is 23.2 Å². The monoisotopic (exact) mass is 300 g/mol. The van der Waals surface area contributed by atoms with E-state index >= 15 is 0 Å². The predicted octanol–water partition coefficient (Wildman–Crippen LogP) is 3.41. The zero-order valence-corrected chi connectivity index (χ0v) is 13.2. The number of rotatable bonds is 4.